The number of esters is 1. The van der Waals surface area contributed by atoms with Crippen molar-refractivity contribution in [1.82, 2.24) is 0 Å². The average Bonchev–Trinajstić information content (AvgIpc) is 3.51. The van der Waals surface area contributed by atoms with Gasteiger partial charge in [0.1, 0.15) is 61.0 Å². The molecule has 4 aliphatic heterocycles. The highest BCUT2D eigenvalue weighted by Crippen LogP contribution is 2.73. The molecule has 0 aromatic rings. The third-order valence-corrected chi connectivity index (χ3v) is 12.5. The lowest BCUT2D eigenvalue weighted by molar-refractivity contribution is -0.363. The Morgan fingerprint density at radius 3 is 2.20 bits per heavy atom. The van der Waals surface area contributed by atoms with Gasteiger partial charge in [0.2, 0.25) is 0 Å². The summed E-state index contributed by atoms with van der Waals surface area (Å²) in [5, 5.41) is 108. The lowest BCUT2D eigenvalue weighted by atomic mass is 9.38. The van der Waals surface area contributed by atoms with Crippen molar-refractivity contribution < 1.29 is 89.1 Å². The van der Waals surface area contributed by atoms with E-state index in [1.807, 2.05) is 0 Å². The Hall–Kier alpha value is -1.72. The van der Waals surface area contributed by atoms with Gasteiger partial charge in [-0.2, -0.15) is 0 Å². The molecule has 3 aliphatic carbocycles. The second-order valence-electron chi connectivity index (χ2n) is 14.8. The highest BCUT2D eigenvalue weighted by Gasteiger charge is 2.84. The van der Waals surface area contributed by atoms with Gasteiger partial charge in [-0.15, -0.1) is 0 Å². The first-order valence-corrected chi connectivity index (χ1v) is 16.4. The minimum atomic E-state index is -2.39. The molecule has 0 aromatic carbocycles. The van der Waals surface area contributed by atoms with E-state index >= 15 is 0 Å². The lowest BCUT2D eigenvalue weighted by Gasteiger charge is -2.68. The molecule has 0 amide bonds. The smallest absolute Gasteiger partial charge is 0.336 e. The van der Waals surface area contributed by atoms with E-state index < -0.39 is 152 Å². The monoisotopic (exact) mass is 704 g/mol. The zero-order chi connectivity index (χ0) is 35.5. The first-order chi connectivity index (χ1) is 23.1. The Morgan fingerprint density at radius 2 is 1.55 bits per heavy atom. The number of carbonyl (C=O) groups is 2. The minimum absolute atomic E-state index is 0.107. The molecule has 6 fully saturated rings. The van der Waals surface area contributed by atoms with E-state index in [1.165, 1.54) is 6.08 Å². The van der Waals surface area contributed by atoms with Crippen molar-refractivity contribution in [3.63, 3.8) is 0 Å². The molecule has 0 aromatic heterocycles. The molecular weight excluding hydrogens is 660 g/mol. The molecule has 4 saturated heterocycles. The maximum atomic E-state index is 13.8. The molecule has 7 aliphatic rings. The van der Waals surface area contributed by atoms with Crippen LogP contribution in [0.2, 0.25) is 0 Å². The Bertz CT molecular complexity index is 1360. The van der Waals surface area contributed by atoms with Gasteiger partial charge in [-0.3, -0.25) is 4.79 Å². The third-order valence-electron chi connectivity index (χ3n) is 12.5. The van der Waals surface area contributed by atoms with E-state index in [0.29, 0.717) is 5.57 Å². The predicted molar refractivity (Wildman–Crippen MR) is 153 cm³/mol. The van der Waals surface area contributed by atoms with Gasteiger partial charge in [-0.25, -0.2) is 4.79 Å². The molecule has 0 radical (unpaired) electrons. The number of ether oxygens (including phenoxy) is 6. The SMILES string of the molecule is CC1=CC(=O)[C@@H](O)[C@]2(C)[C@H]3[C@@]4(O)OC[C@]35[C@H]([C@@H](CO)[C@H]4O)[C@@H](O[C@@H]3O[C@H](CO[C@H]4O[C@@H](CO)[C@H](O)[C@H]4O)[C@@H](O)[C@H](O)[C@H]3O)C(=O)O[C@@H]5C[C@@H]12. The molecule has 1 spiro atoms. The third kappa shape index (κ3) is 4.75. The minimum Gasteiger partial charge on any atom is -0.460 e. The van der Waals surface area contributed by atoms with Crippen molar-refractivity contribution in [2.24, 2.45) is 34.5 Å². The molecule has 49 heavy (non-hydrogen) atoms. The van der Waals surface area contributed by atoms with Crippen LogP contribution in [0.1, 0.15) is 20.3 Å². The van der Waals surface area contributed by atoms with Crippen LogP contribution in [0.5, 0.6) is 0 Å². The summed E-state index contributed by atoms with van der Waals surface area (Å²) in [4.78, 5) is 26.9. The number of carbonyl (C=O) groups excluding carboxylic acids is 2. The van der Waals surface area contributed by atoms with E-state index in [1.54, 1.807) is 13.8 Å². The van der Waals surface area contributed by atoms with Crippen LogP contribution in [0.15, 0.2) is 11.6 Å². The highest BCUT2D eigenvalue weighted by molar-refractivity contribution is 5.96. The quantitative estimate of drug-likeness (QED) is 0.111. The molecule has 276 valence electrons. The van der Waals surface area contributed by atoms with Crippen molar-refractivity contribution in [1.29, 1.82) is 0 Å². The van der Waals surface area contributed by atoms with Crippen molar-refractivity contribution in [3.05, 3.63) is 11.6 Å². The Kier molecular flexibility index (Phi) is 8.86. The zero-order valence-electron chi connectivity index (χ0n) is 26.7. The average molecular weight is 705 g/mol. The topological polar surface area (TPSA) is 292 Å². The van der Waals surface area contributed by atoms with Crippen LogP contribution in [0.3, 0.4) is 0 Å². The van der Waals surface area contributed by atoms with Gasteiger partial charge in [0.15, 0.2) is 30.3 Å². The Balaban J connectivity index is 1.21. The summed E-state index contributed by atoms with van der Waals surface area (Å²) >= 11 is 0. The van der Waals surface area contributed by atoms with Crippen LogP contribution in [0, 0.1) is 34.5 Å². The van der Waals surface area contributed by atoms with Crippen LogP contribution in [-0.2, 0) is 38.0 Å². The fourth-order valence-corrected chi connectivity index (χ4v) is 10.3. The summed E-state index contributed by atoms with van der Waals surface area (Å²) in [5.41, 5.74) is -2.30. The summed E-state index contributed by atoms with van der Waals surface area (Å²) in [6.07, 6.45) is -19.5. The largest absolute Gasteiger partial charge is 0.460 e. The fourth-order valence-electron chi connectivity index (χ4n) is 10.3. The van der Waals surface area contributed by atoms with E-state index in [9.17, 15) is 60.7 Å². The number of aliphatic hydroxyl groups is 10. The van der Waals surface area contributed by atoms with Crippen LogP contribution in [-0.4, -0.2) is 175 Å². The number of hydrogen-bond acceptors (Lipinski definition) is 18. The summed E-state index contributed by atoms with van der Waals surface area (Å²) < 4.78 is 34.5. The maximum absolute atomic E-state index is 13.8. The van der Waals surface area contributed by atoms with E-state index in [0.717, 1.165) is 0 Å². The van der Waals surface area contributed by atoms with Gasteiger partial charge >= 0.3 is 5.97 Å². The number of aliphatic hydroxyl groups excluding tert-OH is 9. The van der Waals surface area contributed by atoms with Crippen LogP contribution in [0.25, 0.3) is 0 Å². The molecule has 20 atom stereocenters. The van der Waals surface area contributed by atoms with Gasteiger partial charge in [-0.1, -0.05) is 12.5 Å². The first kappa shape index (κ1) is 35.7. The summed E-state index contributed by atoms with van der Waals surface area (Å²) in [6, 6.07) is 0. The number of fused-ring (bicyclic) bond motifs is 1. The van der Waals surface area contributed by atoms with Crippen molar-refractivity contribution >= 4 is 11.8 Å². The van der Waals surface area contributed by atoms with Gasteiger partial charge in [-0.05, 0) is 25.3 Å². The van der Waals surface area contributed by atoms with Crippen LogP contribution in [0.4, 0.5) is 0 Å². The first-order valence-electron chi connectivity index (χ1n) is 16.4. The second-order valence-corrected chi connectivity index (χ2v) is 14.8. The predicted octanol–water partition coefficient (Wildman–Crippen LogP) is -5.60. The molecule has 7 rings (SSSR count). The van der Waals surface area contributed by atoms with Crippen molar-refractivity contribution in [3.8, 4) is 0 Å². The second kappa shape index (κ2) is 12.2. The molecule has 2 saturated carbocycles. The van der Waals surface area contributed by atoms with Crippen LogP contribution >= 0.6 is 0 Å². The molecule has 0 unspecified atom stereocenters. The number of rotatable bonds is 7. The summed E-state index contributed by atoms with van der Waals surface area (Å²) in [5.74, 6) is -8.30. The summed E-state index contributed by atoms with van der Waals surface area (Å²) in [6.45, 7) is 0.977. The maximum Gasteiger partial charge on any atom is 0.336 e. The molecule has 2 bridgehead atoms. The fraction of sp³-hybridized carbons (Fsp3) is 0.871. The molecule has 18 heteroatoms. The lowest BCUT2D eigenvalue weighted by Crippen LogP contribution is -2.78. The molecular formula is C31H44O18. The summed E-state index contributed by atoms with van der Waals surface area (Å²) in [7, 11) is 0. The number of hydrogen-bond donors (Lipinski definition) is 10. The molecule has 10 N–H and O–H groups in total. The van der Waals surface area contributed by atoms with Crippen LogP contribution < -0.4 is 0 Å². The van der Waals surface area contributed by atoms with Gasteiger partial charge < -0.3 is 79.5 Å². The standard InChI is InChI=1S/C31H44O18/c1-9-3-12(34)24(41)29(2)11(9)4-15-30-8-45-31(43,28(29)30)23(40)10(5-32)16(30)22(25(42)48-15)49-27-21(39)19(37)18(36)14(47-27)7-44-26-20(38)17(35)13(6-33)46-26/h3,10-11,13-24,26-28,32-33,35-41,43H,4-8H2,1-2H3/t10-,11+,13+,14-,15-,16-,17+,18-,19+,20-,21-,22-,23-,24-,26+,27+,28-,29-,30+,31+/m1/s1. The Morgan fingerprint density at radius 1 is 0.898 bits per heavy atom. The van der Waals surface area contributed by atoms with Crippen molar-refractivity contribution in [2.45, 2.75) is 106 Å². The van der Waals surface area contributed by atoms with E-state index in [2.05, 4.69) is 0 Å². The molecule has 18 nitrogen and oxygen atoms in total. The number of allylic oxidation sites excluding steroid dienone is 1. The van der Waals surface area contributed by atoms with Gasteiger partial charge in [0.05, 0.1) is 19.8 Å². The zero-order valence-corrected chi connectivity index (χ0v) is 26.7. The van der Waals surface area contributed by atoms with Gasteiger partial charge in [0.25, 0.3) is 0 Å². The Labute approximate surface area is 279 Å². The van der Waals surface area contributed by atoms with Crippen molar-refractivity contribution in [2.75, 3.05) is 26.4 Å². The number of ketones is 1. The molecule has 4 heterocycles. The van der Waals surface area contributed by atoms with Gasteiger partial charge in [0, 0.05) is 35.2 Å². The van der Waals surface area contributed by atoms with E-state index in [4.69, 9.17) is 28.4 Å². The highest BCUT2D eigenvalue weighted by atomic mass is 16.7. The normalized spacial score (nSPS) is 56.6. The van der Waals surface area contributed by atoms with E-state index in [-0.39, 0.29) is 13.0 Å².